The molecule has 0 unspecified atom stereocenters. The lowest BCUT2D eigenvalue weighted by Gasteiger charge is -2.09. The molecule has 3 N–H and O–H groups in total. The number of halogens is 1. The summed E-state index contributed by atoms with van der Waals surface area (Å²) in [5, 5.41) is 3.14. The quantitative estimate of drug-likeness (QED) is 0.543. The van der Waals surface area contributed by atoms with Gasteiger partial charge < -0.3 is 20.5 Å². The van der Waals surface area contributed by atoms with Gasteiger partial charge in [-0.3, -0.25) is 4.79 Å². The highest BCUT2D eigenvalue weighted by Gasteiger charge is 2.06. The van der Waals surface area contributed by atoms with Gasteiger partial charge in [0.15, 0.2) is 0 Å². The molecule has 21 heavy (non-hydrogen) atoms. The van der Waals surface area contributed by atoms with E-state index in [0.29, 0.717) is 42.1 Å². The Morgan fingerprint density at radius 3 is 2.67 bits per heavy atom. The van der Waals surface area contributed by atoms with Gasteiger partial charge in [0, 0.05) is 12.3 Å². The zero-order valence-electron chi connectivity index (χ0n) is 12.5. The molecule has 0 spiro atoms. The Labute approximate surface area is 130 Å². The van der Waals surface area contributed by atoms with Gasteiger partial charge in [-0.05, 0) is 24.1 Å². The summed E-state index contributed by atoms with van der Waals surface area (Å²) < 4.78 is 10.7. The number of benzene rings is 1. The molecule has 0 atom stereocenters. The largest absolute Gasteiger partial charge is 0.399 e. The molecular formula is C15H23ClN2O3. The molecule has 118 valence electrons. The van der Waals surface area contributed by atoms with Crippen LogP contribution in [0.3, 0.4) is 0 Å². The third-order valence-electron chi connectivity index (χ3n) is 2.56. The Morgan fingerprint density at radius 2 is 2.00 bits per heavy atom. The van der Waals surface area contributed by atoms with E-state index in [0.717, 1.165) is 6.61 Å². The number of hydrogen-bond acceptors (Lipinski definition) is 4. The van der Waals surface area contributed by atoms with Crippen LogP contribution in [-0.4, -0.2) is 32.3 Å². The van der Waals surface area contributed by atoms with Crippen molar-refractivity contribution in [3.63, 3.8) is 0 Å². The van der Waals surface area contributed by atoms with Gasteiger partial charge in [0.2, 0.25) is 5.91 Å². The number of nitrogens with one attached hydrogen (secondary N) is 1. The molecule has 0 saturated heterocycles. The van der Waals surface area contributed by atoms with Crippen molar-refractivity contribution in [1.82, 2.24) is 0 Å². The molecule has 0 saturated carbocycles. The van der Waals surface area contributed by atoms with Crippen LogP contribution in [0.5, 0.6) is 0 Å². The SMILES string of the molecule is CC(C)COCCOCCC(=O)Nc1ccc(N)cc1Cl. The number of anilines is 2. The Balaban J connectivity index is 2.14. The van der Waals surface area contributed by atoms with Gasteiger partial charge in [-0.1, -0.05) is 25.4 Å². The molecule has 1 aromatic carbocycles. The minimum Gasteiger partial charge on any atom is -0.399 e. The Morgan fingerprint density at radius 1 is 1.29 bits per heavy atom. The first-order valence-corrected chi connectivity index (χ1v) is 7.37. The van der Waals surface area contributed by atoms with Crippen LogP contribution in [0.25, 0.3) is 0 Å². The Bertz CT molecular complexity index is 453. The van der Waals surface area contributed by atoms with E-state index in [1.165, 1.54) is 0 Å². The predicted octanol–water partition coefficient (Wildman–Crippen LogP) is 2.94. The number of nitrogen functional groups attached to an aromatic ring is 1. The van der Waals surface area contributed by atoms with Gasteiger partial charge in [-0.25, -0.2) is 0 Å². The fourth-order valence-electron chi connectivity index (χ4n) is 1.55. The van der Waals surface area contributed by atoms with Crippen LogP contribution in [0.15, 0.2) is 18.2 Å². The van der Waals surface area contributed by atoms with Gasteiger partial charge in [0.05, 0.1) is 37.0 Å². The van der Waals surface area contributed by atoms with Crippen molar-refractivity contribution in [2.24, 2.45) is 5.92 Å². The van der Waals surface area contributed by atoms with Gasteiger partial charge in [0.25, 0.3) is 0 Å². The molecule has 0 fully saturated rings. The summed E-state index contributed by atoms with van der Waals surface area (Å²) in [6, 6.07) is 4.96. The molecule has 1 amide bonds. The summed E-state index contributed by atoms with van der Waals surface area (Å²) >= 11 is 5.98. The monoisotopic (exact) mass is 314 g/mol. The number of carbonyl (C=O) groups is 1. The highest BCUT2D eigenvalue weighted by molar-refractivity contribution is 6.34. The van der Waals surface area contributed by atoms with Crippen LogP contribution < -0.4 is 11.1 Å². The lowest BCUT2D eigenvalue weighted by molar-refractivity contribution is -0.117. The van der Waals surface area contributed by atoms with E-state index in [1.807, 2.05) is 0 Å². The minimum atomic E-state index is -0.148. The molecule has 0 aliphatic rings. The van der Waals surface area contributed by atoms with Gasteiger partial charge >= 0.3 is 0 Å². The maximum atomic E-state index is 11.7. The normalized spacial score (nSPS) is 10.9. The van der Waals surface area contributed by atoms with E-state index >= 15 is 0 Å². The molecule has 1 rings (SSSR count). The lowest BCUT2D eigenvalue weighted by atomic mass is 10.2. The summed E-state index contributed by atoms with van der Waals surface area (Å²) in [7, 11) is 0. The first kappa shape index (κ1) is 17.8. The van der Waals surface area contributed by atoms with Gasteiger partial charge in [-0.2, -0.15) is 0 Å². The van der Waals surface area contributed by atoms with E-state index in [9.17, 15) is 4.79 Å². The van der Waals surface area contributed by atoms with Crippen molar-refractivity contribution in [2.45, 2.75) is 20.3 Å². The van der Waals surface area contributed by atoms with Crippen molar-refractivity contribution >= 4 is 28.9 Å². The minimum absolute atomic E-state index is 0.148. The fraction of sp³-hybridized carbons (Fsp3) is 0.533. The molecule has 0 aliphatic heterocycles. The highest BCUT2D eigenvalue weighted by Crippen LogP contribution is 2.23. The molecular weight excluding hydrogens is 292 g/mol. The first-order chi connectivity index (χ1) is 9.99. The third-order valence-corrected chi connectivity index (χ3v) is 2.88. The number of nitrogens with two attached hydrogens (primary N) is 1. The van der Waals surface area contributed by atoms with Crippen molar-refractivity contribution in [2.75, 3.05) is 37.5 Å². The molecule has 0 bridgehead atoms. The van der Waals surface area contributed by atoms with E-state index < -0.39 is 0 Å². The van der Waals surface area contributed by atoms with Crippen molar-refractivity contribution in [1.29, 1.82) is 0 Å². The lowest BCUT2D eigenvalue weighted by Crippen LogP contribution is -2.16. The predicted molar refractivity (Wildman–Crippen MR) is 85.6 cm³/mol. The zero-order chi connectivity index (χ0) is 15.7. The molecule has 0 aromatic heterocycles. The zero-order valence-corrected chi connectivity index (χ0v) is 13.3. The van der Waals surface area contributed by atoms with E-state index in [2.05, 4.69) is 19.2 Å². The fourth-order valence-corrected chi connectivity index (χ4v) is 1.79. The van der Waals surface area contributed by atoms with Crippen LogP contribution in [0.1, 0.15) is 20.3 Å². The van der Waals surface area contributed by atoms with Crippen molar-refractivity contribution in [3.05, 3.63) is 23.2 Å². The van der Waals surface area contributed by atoms with Crippen LogP contribution in [0.2, 0.25) is 5.02 Å². The smallest absolute Gasteiger partial charge is 0.226 e. The van der Waals surface area contributed by atoms with Crippen LogP contribution in [0.4, 0.5) is 11.4 Å². The second kappa shape index (κ2) is 9.60. The Hall–Kier alpha value is -1.30. The number of rotatable bonds is 9. The third kappa shape index (κ3) is 7.90. The maximum Gasteiger partial charge on any atom is 0.226 e. The van der Waals surface area contributed by atoms with E-state index in [4.69, 9.17) is 26.8 Å². The van der Waals surface area contributed by atoms with Crippen LogP contribution in [0, 0.1) is 5.92 Å². The average molecular weight is 315 g/mol. The van der Waals surface area contributed by atoms with Crippen molar-refractivity contribution in [3.8, 4) is 0 Å². The highest BCUT2D eigenvalue weighted by atomic mass is 35.5. The van der Waals surface area contributed by atoms with Crippen LogP contribution >= 0.6 is 11.6 Å². The Kier molecular flexibility index (Phi) is 8.12. The van der Waals surface area contributed by atoms with E-state index in [-0.39, 0.29) is 12.3 Å². The number of carbonyl (C=O) groups excluding carboxylic acids is 1. The second-order valence-electron chi connectivity index (χ2n) is 5.12. The molecule has 6 heteroatoms. The summed E-state index contributed by atoms with van der Waals surface area (Å²) in [4.78, 5) is 11.7. The summed E-state index contributed by atoms with van der Waals surface area (Å²) in [5.41, 5.74) is 6.70. The molecule has 0 aliphatic carbocycles. The second-order valence-corrected chi connectivity index (χ2v) is 5.53. The maximum absolute atomic E-state index is 11.7. The topological polar surface area (TPSA) is 73.6 Å². The average Bonchev–Trinajstić information content (AvgIpc) is 2.40. The standard InChI is InChI=1S/C15H23ClN2O3/c1-11(2)10-21-8-7-20-6-5-15(19)18-14-4-3-12(17)9-13(14)16/h3-4,9,11H,5-8,10,17H2,1-2H3,(H,18,19). The first-order valence-electron chi connectivity index (χ1n) is 6.99. The summed E-state index contributed by atoms with van der Waals surface area (Å²) in [5.74, 6) is 0.366. The molecule has 0 heterocycles. The van der Waals surface area contributed by atoms with Crippen molar-refractivity contribution < 1.29 is 14.3 Å². The summed E-state index contributed by atoms with van der Waals surface area (Å²) in [6.07, 6.45) is 0.269. The molecule has 5 nitrogen and oxygen atoms in total. The number of amides is 1. The van der Waals surface area contributed by atoms with Crippen LogP contribution in [-0.2, 0) is 14.3 Å². The summed E-state index contributed by atoms with van der Waals surface area (Å²) in [6.45, 7) is 6.29. The number of hydrogen-bond donors (Lipinski definition) is 2. The van der Waals surface area contributed by atoms with Gasteiger partial charge in [-0.15, -0.1) is 0 Å². The van der Waals surface area contributed by atoms with Gasteiger partial charge in [0.1, 0.15) is 0 Å². The number of ether oxygens (including phenoxy) is 2. The molecule has 0 radical (unpaired) electrons. The molecule has 1 aromatic rings. The van der Waals surface area contributed by atoms with E-state index in [1.54, 1.807) is 18.2 Å².